The van der Waals surface area contributed by atoms with Crippen molar-refractivity contribution in [3.8, 4) is 11.5 Å². The molecule has 0 radical (unpaired) electrons. The third-order valence-corrected chi connectivity index (χ3v) is 11.3. The Bertz CT molecular complexity index is 1730. The fourth-order valence-electron chi connectivity index (χ4n) is 8.02. The van der Waals surface area contributed by atoms with Crippen molar-refractivity contribution in [2.45, 2.75) is 53.7 Å². The Balaban J connectivity index is 1.29. The number of hydrogen-bond acceptors (Lipinski definition) is 6. The summed E-state index contributed by atoms with van der Waals surface area (Å²) in [6, 6.07) is 23.3. The van der Waals surface area contributed by atoms with Crippen LogP contribution in [0.15, 0.2) is 90.0 Å². The first-order chi connectivity index (χ1) is 19.9. The Morgan fingerprint density at radius 1 is 1.10 bits per heavy atom. The van der Waals surface area contributed by atoms with E-state index < -0.39 is 16.5 Å². The average Bonchev–Trinajstić information content (AvgIpc) is 3.51. The summed E-state index contributed by atoms with van der Waals surface area (Å²) in [6.45, 7) is 3.11. The third kappa shape index (κ3) is 3.43. The van der Waals surface area contributed by atoms with Gasteiger partial charge in [0.1, 0.15) is 6.10 Å². The quantitative estimate of drug-likeness (QED) is 0.195. The number of piperidine rings is 1. The minimum Gasteiger partial charge on any atom is -0.468 e. The van der Waals surface area contributed by atoms with Gasteiger partial charge in [-0.25, -0.2) is 0 Å². The first-order valence-corrected chi connectivity index (χ1v) is 15.1. The molecule has 6 nitrogen and oxygen atoms in total. The molecule has 3 aromatic carbocycles. The summed E-state index contributed by atoms with van der Waals surface area (Å²) >= 11 is 1.64. The highest BCUT2D eigenvalue weighted by Crippen LogP contribution is 2.70. The predicted octanol–water partition coefficient (Wildman–Crippen LogP) is 5.54. The highest BCUT2D eigenvalue weighted by atomic mass is 32.2. The number of likely N-dealkylation sites (N-methyl/N-ethyl adjacent to an activating group) is 1. The second kappa shape index (κ2) is 8.99. The number of likely N-dealkylation sites (tertiary alicyclic amines) is 1. The highest BCUT2D eigenvalue weighted by molar-refractivity contribution is 8.01. The van der Waals surface area contributed by atoms with Crippen LogP contribution in [0.1, 0.15) is 30.0 Å². The third-order valence-electron chi connectivity index (χ3n) is 9.74. The van der Waals surface area contributed by atoms with Crippen molar-refractivity contribution in [1.29, 1.82) is 0 Å². The van der Waals surface area contributed by atoms with Gasteiger partial charge < -0.3 is 24.0 Å². The van der Waals surface area contributed by atoms with Crippen LogP contribution in [0.4, 0.5) is 0 Å². The molecule has 7 heteroatoms. The van der Waals surface area contributed by atoms with Gasteiger partial charge >= 0.3 is 5.97 Å². The fraction of sp³-hybridized carbons (Fsp3) is 0.324. The SMILES string of the molecule is CC(=O)Oc1ccc2c3c1O[C@@]1(Sc4cccc5c4ccn5Cc4ccccc4)[C@@H](O)C=C[C@H]4[C@@H](C2)N(C)CC[C@@]341. The summed E-state index contributed by atoms with van der Waals surface area (Å²) < 4.78 is 15.0. The maximum Gasteiger partial charge on any atom is 0.308 e. The lowest BCUT2D eigenvalue weighted by Gasteiger charge is -2.60. The van der Waals surface area contributed by atoms with E-state index in [9.17, 15) is 9.90 Å². The molecule has 4 aliphatic rings. The van der Waals surface area contributed by atoms with Crippen molar-refractivity contribution in [2.75, 3.05) is 13.6 Å². The van der Waals surface area contributed by atoms with Crippen LogP contribution in [0.2, 0.25) is 0 Å². The maximum absolute atomic E-state index is 12.1. The zero-order chi connectivity index (χ0) is 27.9. The molecule has 2 bridgehead atoms. The molecule has 2 aliphatic heterocycles. The van der Waals surface area contributed by atoms with Crippen LogP contribution in [0.3, 0.4) is 0 Å². The average molecular weight is 565 g/mol. The molecule has 1 aromatic heterocycles. The molecular weight excluding hydrogens is 532 g/mol. The van der Waals surface area contributed by atoms with Crippen molar-refractivity contribution in [3.05, 3.63) is 102 Å². The van der Waals surface area contributed by atoms with E-state index in [4.69, 9.17) is 9.47 Å². The molecule has 1 saturated heterocycles. The lowest BCUT2D eigenvalue weighted by molar-refractivity contribution is -0.132. The highest BCUT2D eigenvalue weighted by Gasteiger charge is 2.73. The van der Waals surface area contributed by atoms with E-state index in [1.807, 2.05) is 18.2 Å². The predicted molar refractivity (Wildman–Crippen MR) is 160 cm³/mol. The molecular formula is C34H32N2O4S. The van der Waals surface area contributed by atoms with Crippen LogP contribution in [0, 0.1) is 5.92 Å². The molecule has 0 amide bonds. The van der Waals surface area contributed by atoms with Gasteiger partial charge in [0, 0.05) is 53.0 Å². The Morgan fingerprint density at radius 3 is 2.78 bits per heavy atom. The number of ether oxygens (including phenoxy) is 2. The number of hydrogen-bond donors (Lipinski definition) is 1. The Labute approximate surface area is 243 Å². The van der Waals surface area contributed by atoms with E-state index in [0.29, 0.717) is 17.5 Å². The molecule has 1 spiro atoms. The van der Waals surface area contributed by atoms with Crippen molar-refractivity contribution in [2.24, 2.45) is 5.92 Å². The summed E-state index contributed by atoms with van der Waals surface area (Å²) in [6.07, 6.45) is 7.19. The monoisotopic (exact) mass is 564 g/mol. The molecule has 3 heterocycles. The van der Waals surface area contributed by atoms with Crippen molar-refractivity contribution >= 4 is 28.6 Å². The minimum atomic E-state index is -1.00. The summed E-state index contributed by atoms with van der Waals surface area (Å²) in [5, 5.41) is 13.1. The van der Waals surface area contributed by atoms with Gasteiger partial charge in [-0.15, -0.1) is 0 Å². The fourth-order valence-corrected chi connectivity index (χ4v) is 9.62. The Kier molecular flexibility index (Phi) is 5.53. The molecule has 5 atom stereocenters. The number of aromatic nitrogens is 1. The number of carbonyl (C=O) groups is 1. The van der Waals surface area contributed by atoms with E-state index in [0.717, 1.165) is 47.3 Å². The maximum atomic E-state index is 12.1. The molecule has 41 heavy (non-hydrogen) atoms. The smallest absolute Gasteiger partial charge is 0.308 e. The zero-order valence-corrected chi connectivity index (χ0v) is 23.9. The van der Waals surface area contributed by atoms with E-state index in [-0.39, 0.29) is 11.9 Å². The molecule has 208 valence electrons. The molecule has 0 unspecified atom stereocenters. The van der Waals surface area contributed by atoms with Crippen LogP contribution in [0.5, 0.6) is 11.5 Å². The van der Waals surface area contributed by atoms with Crippen molar-refractivity contribution < 1.29 is 19.4 Å². The van der Waals surface area contributed by atoms with E-state index in [1.54, 1.807) is 11.8 Å². The van der Waals surface area contributed by atoms with Gasteiger partial charge in [0.05, 0.1) is 5.41 Å². The number of rotatable bonds is 5. The summed E-state index contributed by atoms with van der Waals surface area (Å²) in [7, 11) is 2.20. The first-order valence-electron chi connectivity index (χ1n) is 14.3. The van der Waals surface area contributed by atoms with E-state index in [2.05, 4.69) is 83.4 Å². The Morgan fingerprint density at radius 2 is 1.95 bits per heavy atom. The number of fused-ring (bicyclic) bond motifs is 1. The van der Waals surface area contributed by atoms with Crippen molar-refractivity contribution in [3.63, 3.8) is 0 Å². The van der Waals surface area contributed by atoms with Crippen LogP contribution in [-0.4, -0.2) is 51.2 Å². The lowest BCUT2D eigenvalue weighted by Crippen LogP contribution is -2.69. The van der Waals surface area contributed by atoms with Gasteiger partial charge in [-0.2, -0.15) is 0 Å². The topological polar surface area (TPSA) is 63.9 Å². The molecule has 2 aliphatic carbocycles. The largest absolute Gasteiger partial charge is 0.468 e. The van der Waals surface area contributed by atoms with Crippen molar-refractivity contribution in [1.82, 2.24) is 9.47 Å². The summed E-state index contributed by atoms with van der Waals surface area (Å²) in [4.78, 5) is 14.6. The number of thioether (sulfide) groups is 1. The number of esters is 1. The van der Waals surface area contributed by atoms with Gasteiger partial charge in [-0.3, -0.25) is 4.79 Å². The number of aliphatic hydroxyl groups is 1. The molecule has 1 N–H and O–H groups in total. The normalized spacial score (nSPS) is 29.3. The zero-order valence-electron chi connectivity index (χ0n) is 23.1. The van der Waals surface area contributed by atoms with Crippen LogP contribution in [-0.2, 0) is 23.2 Å². The van der Waals surface area contributed by atoms with Crippen LogP contribution >= 0.6 is 11.8 Å². The van der Waals surface area contributed by atoms with Gasteiger partial charge in [0.25, 0.3) is 0 Å². The van der Waals surface area contributed by atoms with Crippen LogP contribution in [0.25, 0.3) is 10.9 Å². The first kappa shape index (κ1) is 25.2. The summed E-state index contributed by atoms with van der Waals surface area (Å²) in [5.41, 5.74) is 4.27. The minimum absolute atomic E-state index is 0.167. The molecule has 0 saturated carbocycles. The molecule has 8 rings (SSSR count). The number of aliphatic hydroxyl groups excluding tert-OH is 1. The van der Waals surface area contributed by atoms with Crippen LogP contribution < -0.4 is 9.47 Å². The second-order valence-electron chi connectivity index (χ2n) is 11.8. The lowest BCUT2D eigenvalue weighted by atomic mass is 9.53. The number of nitrogens with zero attached hydrogens (tertiary/aromatic N) is 2. The van der Waals surface area contributed by atoms with Gasteiger partial charge in [-0.1, -0.05) is 66.4 Å². The van der Waals surface area contributed by atoms with Gasteiger partial charge in [-0.05, 0) is 61.8 Å². The molecule has 1 fully saturated rings. The van der Waals surface area contributed by atoms with Gasteiger partial charge in [0.2, 0.25) is 0 Å². The summed E-state index contributed by atoms with van der Waals surface area (Å²) in [5.74, 6) is 0.848. The molecule has 4 aromatic rings. The Hall–Kier alpha value is -3.52. The van der Waals surface area contributed by atoms with Gasteiger partial charge in [0.15, 0.2) is 16.4 Å². The number of benzene rings is 3. The van der Waals surface area contributed by atoms with E-state index >= 15 is 0 Å². The standard InChI is InChI=1S/C34H32N2O4S/c1-21(37)39-28-13-11-23-19-27-25-12-14-30(38)34(33(25,16-18-35(27)2)31(23)32(28)40-34)41-29-10-6-9-26-24(29)15-17-36(26)20-22-7-4-3-5-8-22/h3-15,17,25,27,30,38H,16,18-20H2,1-2H3/t25-,27+,30-,33-,34+/m0/s1. The number of carbonyl (C=O) groups excluding carboxylic acids is 1. The van der Waals surface area contributed by atoms with E-state index in [1.165, 1.54) is 18.1 Å². The second-order valence-corrected chi connectivity index (χ2v) is 13.1.